The molecule has 328 valence electrons. The van der Waals surface area contributed by atoms with Gasteiger partial charge in [0.2, 0.25) is 5.91 Å². The molecule has 9 heteroatoms. The fourth-order valence-electron chi connectivity index (χ4n) is 6.33. The average molecular weight is 809 g/mol. The van der Waals surface area contributed by atoms with E-state index in [-0.39, 0.29) is 19.1 Å². The third kappa shape index (κ3) is 40.6. The monoisotopic (exact) mass is 809 g/mol. The molecule has 0 fully saturated rings. The number of amides is 1. The van der Waals surface area contributed by atoms with E-state index in [0.29, 0.717) is 17.4 Å². The second-order valence-electron chi connectivity index (χ2n) is 16.8. The van der Waals surface area contributed by atoms with Crippen molar-refractivity contribution in [2.75, 3.05) is 40.9 Å². The maximum atomic E-state index is 12.8. The van der Waals surface area contributed by atoms with E-state index < -0.39 is 20.0 Å². The average Bonchev–Trinajstić information content (AvgIpc) is 3.15. The van der Waals surface area contributed by atoms with Crippen LogP contribution in [0.5, 0.6) is 0 Å². The summed E-state index contributed by atoms with van der Waals surface area (Å²) in [5.74, 6) is -0.206. The molecule has 2 N–H and O–H groups in total. The summed E-state index contributed by atoms with van der Waals surface area (Å²) in [5, 5.41) is 13.6. The van der Waals surface area contributed by atoms with Gasteiger partial charge in [0.05, 0.1) is 39.9 Å². The molecule has 0 aromatic heterocycles. The Hall–Kier alpha value is -1.54. The predicted octanol–water partition coefficient (Wildman–Crippen LogP) is 12.2. The minimum absolute atomic E-state index is 0.00298. The van der Waals surface area contributed by atoms with Crippen molar-refractivity contribution >= 4 is 13.7 Å². The Bertz CT molecular complexity index is 1050. The Morgan fingerprint density at radius 3 is 1.50 bits per heavy atom. The topological polar surface area (TPSA) is 108 Å². The lowest BCUT2D eigenvalue weighted by molar-refractivity contribution is -0.870. The standard InChI is InChI=1S/C47H89N2O6P/c1-6-8-10-12-14-15-16-17-18-19-20-21-22-23-24-25-26-27-28-29-30-31-32-33-35-37-39-41-47(51)48-45(46(50)40-38-36-34-13-11-9-7-2)44-55-56(52,53)54-43-42-49(3,4)5/h16-17,19-20,22-23,38,40,45-46,50H,6-15,18,21,24-37,39,41-44H2,1-5H3,(H-,48,51,52,53)/b17-16-,20-19-,23-22-,40-38+. The van der Waals surface area contributed by atoms with Gasteiger partial charge in [0.1, 0.15) is 13.2 Å². The van der Waals surface area contributed by atoms with Gasteiger partial charge in [0, 0.05) is 6.42 Å². The fourth-order valence-corrected chi connectivity index (χ4v) is 7.06. The fraction of sp³-hybridized carbons (Fsp3) is 0.809. The number of likely N-dealkylation sites (N-methyl/N-ethyl adjacent to an activating group) is 1. The number of hydrogen-bond donors (Lipinski definition) is 2. The third-order valence-electron chi connectivity index (χ3n) is 10.0. The van der Waals surface area contributed by atoms with Crippen LogP contribution in [0.1, 0.15) is 194 Å². The van der Waals surface area contributed by atoms with Crippen LogP contribution >= 0.6 is 7.82 Å². The number of nitrogens with one attached hydrogen (secondary N) is 1. The summed E-state index contributed by atoms with van der Waals surface area (Å²) in [5.41, 5.74) is 0. The highest BCUT2D eigenvalue weighted by molar-refractivity contribution is 7.45. The van der Waals surface area contributed by atoms with Gasteiger partial charge in [-0.15, -0.1) is 0 Å². The summed E-state index contributed by atoms with van der Waals surface area (Å²) in [6.45, 7) is 4.56. The van der Waals surface area contributed by atoms with Crippen molar-refractivity contribution in [2.24, 2.45) is 0 Å². The van der Waals surface area contributed by atoms with Crippen LogP contribution < -0.4 is 10.2 Å². The van der Waals surface area contributed by atoms with E-state index in [1.54, 1.807) is 6.08 Å². The van der Waals surface area contributed by atoms with Gasteiger partial charge in [-0.25, -0.2) is 0 Å². The number of nitrogens with zero attached hydrogens (tertiary/aromatic N) is 1. The molecule has 0 radical (unpaired) electrons. The smallest absolute Gasteiger partial charge is 0.268 e. The molecular weight excluding hydrogens is 719 g/mol. The van der Waals surface area contributed by atoms with Crippen LogP contribution in [0, 0.1) is 0 Å². The Kier molecular flexibility index (Phi) is 37.9. The van der Waals surface area contributed by atoms with Gasteiger partial charge >= 0.3 is 0 Å². The molecule has 0 spiro atoms. The summed E-state index contributed by atoms with van der Waals surface area (Å²) in [6.07, 6.45) is 49.0. The Balaban J connectivity index is 4.07. The highest BCUT2D eigenvalue weighted by Crippen LogP contribution is 2.38. The minimum Gasteiger partial charge on any atom is -0.756 e. The van der Waals surface area contributed by atoms with Crippen LogP contribution in [0.15, 0.2) is 48.6 Å². The summed E-state index contributed by atoms with van der Waals surface area (Å²) in [4.78, 5) is 25.2. The van der Waals surface area contributed by atoms with Crippen molar-refractivity contribution in [3.63, 3.8) is 0 Å². The zero-order valence-electron chi connectivity index (χ0n) is 37.1. The van der Waals surface area contributed by atoms with E-state index in [1.165, 1.54) is 122 Å². The first-order valence-corrected chi connectivity index (χ1v) is 24.5. The van der Waals surface area contributed by atoms with Crippen LogP contribution in [0.2, 0.25) is 0 Å². The number of allylic oxidation sites excluding steroid dienone is 7. The van der Waals surface area contributed by atoms with Gasteiger partial charge in [-0.2, -0.15) is 0 Å². The molecule has 0 aliphatic rings. The second-order valence-corrected chi connectivity index (χ2v) is 18.2. The maximum absolute atomic E-state index is 12.8. The first-order valence-electron chi connectivity index (χ1n) is 23.0. The molecule has 3 atom stereocenters. The lowest BCUT2D eigenvalue weighted by Crippen LogP contribution is -2.45. The number of rotatable bonds is 41. The predicted molar refractivity (Wildman–Crippen MR) is 238 cm³/mol. The molecule has 0 aliphatic carbocycles. The largest absolute Gasteiger partial charge is 0.756 e. The van der Waals surface area contributed by atoms with Crippen molar-refractivity contribution in [3.05, 3.63) is 48.6 Å². The molecule has 3 unspecified atom stereocenters. The Morgan fingerprint density at radius 2 is 1.04 bits per heavy atom. The van der Waals surface area contributed by atoms with Crippen molar-refractivity contribution < 1.29 is 32.9 Å². The molecule has 0 aromatic rings. The lowest BCUT2D eigenvalue weighted by atomic mass is 10.0. The molecule has 56 heavy (non-hydrogen) atoms. The number of unbranched alkanes of at least 4 members (excludes halogenated alkanes) is 22. The van der Waals surface area contributed by atoms with Crippen LogP contribution in [0.4, 0.5) is 0 Å². The molecule has 0 heterocycles. The molecule has 0 aromatic carbocycles. The van der Waals surface area contributed by atoms with Gasteiger partial charge in [0.25, 0.3) is 7.82 Å². The van der Waals surface area contributed by atoms with E-state index in [2.05, 4.69) is 55.6 Å². The summed E-state index contributed by atoms with van der Waals surface area (Å²) < 4.78 is 23.1. The summed E-state index contributed by atoms with van der Waals surface area (Å²) in [7, 11) is 1.25. The molecule has 0 saturated carbocycles. The molecule has 8 nitrogen and oxygen atoms in total. The highest BCUT2D eigenvalue weighted by Gasteiger charge is 2.23. The minimum atomic E-state index is -4.58. The van der Waals surface area contributed by atoms with Gasteiger partial charge in [-0.1, -0.05) is 178 Å². The summed E-state index contributed by atoms with van der Waals surface area (Å²) >= 11 is 0. The van der Waals surface area contributed by atoms with E-state index in [1.807, 2.05) is 27.2 Å². The van der Waals surface area contributed by atoms with E-state index >= 15 is 0 Å². The Labute approximate surface area is 346 Å². The molecule has 0 aliphatic heterocycles. The van der Waals surface area contributed by atoms with Crippen molar-refractivity contribution in [2.45, 2.75) is 206 Å². The SMILES string of the molecule is CCCCCCC/C=C\C/C=C\C/C=C\CCCCCCCCCCCCCCC(=O)NC(COP(=O)([O-])OCC[N+](C)(C)C)C(O)/C=C/CCCCCCC. The number of aliphatic hydroxyl groups is 1. The lowest BCUT2D eigenvalue weighted by Gasteiger charge is -2.29. The van der Waals surface area contributed by atoms with Gasteiger partial charge in [-0.3, -0.25) is 9.36 Å². The van der Waals surface area contributed by atoms with Gasteiger partial charge < -0.3 is 28.8 Å². The van der Waals surface area contributed by atoms with E-state index in [0.717, 1.165) is 51.4 Å². The maximum Gasteiger partial charge on any atom is 0.268 e. The number of phosphoric ester groups is 1. The first kappa shape index (κ1) is 54.5. The number of carbonyl (C=O) groups excluding carboxylic acids is 1. The first-order chi connectivity index (χ1) is 27.0. The molecular formula is C47H89N2O6P. The number of carbonyl (C=O) groups is 1. The molecule has 0 bridgehead atoms. The van der Waals surface area contributed by atoms with Gasteiger partial charge in [-0.05, 0) is 57.8 Å². The van der Waals surface area contributed by atoms with Crippen molar-refractivity contribution in [1.29, 1.82) is 0 Å². The normalized spacial score (nSPS) is 14.8. The van der Waals surface area contributed by atoms with Gasteiger partial charge in [0.15, 0.2) is 0 Å². The van der Waals surface area contributed by atoms with Crippen LogP contribution in [-0.4, -0.2) is 68.5 Å². The van der Waals surface area contributed by atoms with Crippen molar-refractivity contribution in [3.8, 4) is 0 Å². The number of phosphoric acid groups is 1. The quantitative estimate of drug-likeness (QED) is 0.0276. The van der Waals surface area contributed by atoms with E-state index in [9.17, 15) is 19.4 Å². The Morgan fingerprint density at radius 1 is 0.625 bits per heavy atom. The van der Waals surface area contributed by atoms with Crippen LogP contribution in [0.25, 0.3) is 0 Å². The molecule has 0 saturated heterocycles. The summed E-state index contributed by atoms with van der Waals surface area (Å²) in [6, 6.07) is -0.885. The highest BCUT2D eigenvalue weighted by atomic mass is 31.2. The molecule has 0 rings (SSSR count). The number of aliphatic hydroxyl groups excluding tert-OH is 1. The van der Waals surface area contributed by atoms with Crippen LogP contribution in [0.3, 0.4) is 0 Å². The number of hydrogen-bond acceptors (Lipinski definition) is 6. The molecule has 1 amide bonds. The van der Waals surface area contributed by atoms with Crippen LogP contribution in [-0.2, 0) is 18.4 Å². The van der Waals surface area contributed by atoms with Crippen molar-refractivity contribution in [1.82, 2.24) is 5.32 Å². The second kappa shape index (κ2) is 38.9. The number of quaternary nitrogens is 1. The third-order valence-corrected chi connectivity index (χ3v) is 11.0. The van der Waals surface area contributed by atoms with E-state index in [4.69, 9.17) is 9.05 Å². The zero-order valence-corrected chi connectivity index (χ0v) is 38.0. The zero-order chi connectivity index (χ0) is 41.4.